The van der Waals surface area contributed by atoms with Crippen molar-refractivity contribution in [3.63, 3.8) is 0 Å². The van der Waals surface area contributed by atoms with Crippen LogP contribution in [0.25, 0.3) is 11.5 Å². The van der Waals surface area contributed by atoms with E-state index < -0.39 is 24.0 Å². The monoisotopic (exact) mass is 345 g/mol. The first kappa shape index (κ1) is 18.2. The number of oxazole rings is 1. The Kier molecular flexibility index (Phi) is 5.89. The van der Waals surface area contributed by atoms with Crippen LogP contribution in [0.4, 0.5) is 4.79 Å². The van der Waals surface area contributed by atoms with Crippen LogP contribution in [-0.4, -0.2) is 35.5 Å². The van der Waals surface area contributed by atoms with Gasteiger partial charge in [0, 0.05) is 12.1 Å². The van der Waals surface area contributed by atoms with Crippen molar-refractivity contribution in [1.29, 1.82) is 0 Å². The zero-order valence-corrected chi connectivity index (χ0v) is 14.2. The Bertz CT molecular complexity index is 770. The molecule has 1 heterocycles. The molecule has 0 saturated heterocycles. The van der Waals surface area contributed by atoms with Gasteiger partial charge in [0.2, 0.25) is 5.89 Å². The molecule has 0 saturated carbocycles. The summed E-state index contributed by atoms with van der Waals surface area (Å²) >= 11 is 0. The lowest BCUT2D eigenvalue weighted by atomic mass is 10.2. The number of benzene rings is 1. The number of imide groups is 1. The summed E-state index contributed by atoms with van der Waals surface area (Å²) in [6.07, 6.45) is -1.16. The van der Waals surface area contributed by atoms with Gasteiger partial charge in [-0.15, -0.1) is 0 Å². The first-order valence-corrected chi connectivity index (χ1v) is 7.75. The van der Waals surface area contributed by atoms with Gasteiger partial charge in [0.1, 0.15) is 5.76 Å². The number of ether oxygens (including phenoxy) is 1. The van der Waals surface area contributed by atoms with Gasteiger partial charge in [-0.2, -0.15) is 0 Å². The van der Waals surface area contributed by atoms with E-state index in [0.29, 0.717) is 12.1 Å². The summed E-state index contributed by atoms with van der Waals surface area (Å²) in [6, 6.07) is 8.43. The van der Waals surface area contributed by atoms with E-state index in [1.54, 1.807) is 26.0 Å². The number of aryl methyl sites for hydroxylation is 1. The second kappa shape index (κ2) is 8.09. The highest BCUT2D eigenvalue weighted by Crippen LogP contribution is 2.22. The number of nitrogens with zero attached hydrogens (tertiary/aromatic N) is 1. The molecule has 0 spiro atoms. The van der Waals surface area contributed by atoms with Gasteiger partial charge in [-0.1, -0.05) is 18.2 Å². The van der Waals surface area contributed by atoms with Crippen molar-refractivity contribution < 1.29 is 23.5 Å². The Morgan fingerprint density at radius 2 is 1.92 bits per heavy atom. The lowest BCUT2D eigenvalue weighted by molar-refractivity contribution is -0.127. The van der Waals surface area contributed by atoms with E-state index in [2.05, 4.69) is 15.6 Å². The highest BCUT2D eigenvalue weighted by atomic mass is 16.5. The summed E-state index contributed by atoms with van der Waals surface area (Å²) in [4.78, 5) is 39.5. The second-order valence-electron chi connectivity index (χ2n) is 5.19. The molecule has 2 rings (SSSR count). The largest absolute Gasteiger partial charge is 0.448 e. The van der Waals surface area contributed by atoms with Crippen LogP contribution in [-0.2, 0) is 9.53 Å². The van der Waals surface area contributed by atoms with Crippen LogP contribution in [0.5, 0.6) is 0 Å². The zero-order chi connectivity index (χ0) is 18.4. The molecule has 2 aromatic rings. The van der Waals surface area contributed by atoms with Gasteiger partial charge < -0.3 is 14.5 Å². The van der Waals surface area contributed by atoms with Crippen molar-refractivity contribution in [3.8, 4) is 11.5 Å². The number of carbonyl (C=O) groups is 3. The van der Waals surface area contributed by atoms with Crippen LogP contribution in [0.1, 0.15) is 30.1 Å². The molecule has 132 valence electrons. The first-order chi connectivity index (χ1) is 11.9. The summed E-state index contributed by atoms with van der Waals surface area (Å²) in [5.41, 5.74) is 0.697. The zero-order valence-electron chi connectivity index (χ0n) is 14.2. The molecule has 1 aromatic carbocycles. The molecule has 1 atom stereocenters. The summed E-state index contributed by atoms with van der Waals surface area (Å²) in [6.45, 7) is 5.02. The predicted octanol–water partition coefficient (Wildman–Crippen LogP) is 2.04. The van der Waals surface area contributed by atoms with Crippen molar-refractivity contribution in [2.75, 3.05) is 6.54 Å². The minimum Gasteiger partial charge on any atom is -0.448 e. The van der Waals surface area contributed by atoms with E-state index >= 15 is 0 Å². The summed E-state index contributed by atoms with van der Waals surface area (Å²) in [5.74, 6) is -0.977. The van der Waals surface area contributed by atoms with Crippen LogP contribution in [0, 0.1) is 6.92 Å². The molecule has 0 aliphatic heterocycles. The van der Waals surface area contributed by atoms with Crippen LogP contribution in [0.15, 0.2) is 34.7 Å². The average Bonchev–Trinajstić information content (AvgIpc) is 2.97. The third-order valence-electron chi connectivity index (χ3n) is 3.24. The Balaban J connectivity index is 2.04. The number of esters is 1. The molecule has 1 unspecified atom stereocenters. The quantitative estimate of drug-likeness (QED) is 0.802. The SMILES string of the molecule is CCNC(=O)NC(=O)C(C)OC(=O)c1nc(-c2ccccc2)oc1C. The van der Waals surface area contributed by atoms with Crippen molar-refractivity contribution >= 4 is 17.9 Å². The number of nitrogens with one attached hydrogen (secondary N) is 2. The summed E-state index contributed by atoms with van der Waals surface area (Å²) in [7, 11) is 0. The highest BCUT2D eigenvalue weighted by Gasteiger charge is 2.25. The fraction of sp³-hybridized carbons (Fsp3) is 0.294. The number of rotatable bonds is 5. The van der Waals surface area contributed by atoms with Gasteiger partial charge in [-0.05, 0) is 32.9 Å². The Hall–Kier alpha value is -3.16. The maximum absolute atomic E-state index is 12.2. The number of carbonyl (C=O) groups excluding carboxylic acids is 3. The normalized spacial score (nSPS) is 11.5. The third-order valence-corrected chi connectivity index (χ3v) is 3.24. The lowest BCUT2D eigenvalue weighted by Gasteiger charge is -2.12. The lowest BCUT2D eigenvalue weighted by Crippen LogP contribution is -2.44. The Morgan fingerprint density at radius 3 is 2.56 bits per heavy atom. The van der Waals surface area contributed by atoms with Crippen molar-refractivity contribution in [2.45, 2.75) is 26.9 Å². The van der Waals surface area contributed by atoms with E-state index in [4.69, 9.17) is 9.15 Å². The van der Waals surface area contributed by atoms with Gasteiger partial charge >= 0.3 is 12.0 Å². The third kappa shape index (κ3) is 4.66. The number of aromatic nitrogens is 1. The fourth-order valence-corrected chi connectivity index (χ4v) is 1.98. The van der Waals surface area contributed by atoms with Crippen molar-refractivity contribution in [2.24, 2.45) is 0 Å². The Morgan fingerprint density at radius 1 is 1.24 bits per heavy atom. The van der Waals surface area contributed by atoms with E-state index in [-0.39, 0.29) is 17.3 Å². The van der Waals surface area contributed by atoms with Crippen LogP contribution < -0.4 is 10.6 Å². The van der Waals surface area contributed by atoms with Crippen LogP contribution >= 0.6 is 0 Å². The Labute approximate surface area is 144 Å². The van der Waals surface area contributed by atoms with E-state index in [1.165, 1.54) is 6.92 Å². The second-order valence-corrected chi connectivity index (χ2v) is 5.19. The molecule has 0 radical (unpaired) electrons. The number of hydrogen-bond donors (Lipinski definition) is 2. The molecule has 2 N–H and O–H groups in total. The fourth-order valence-electron chi connectivity index (χ4n) is 1.98. The molecule has 0 fully saturated rings. The number of urea groups is 1. The molecule has 0 aliphatic carbocycles. The molecular weight excluding hydrogens is 326 g/mol. The summed E-state index contributed by atoms with van der Waals surface area (Å²) in [5, 5.41) is 4.48. The number of amides is 3. The average molecular weight is 345 g/mol. The smallest absolute Gasteiger partial charge is 0.361 e. The molecule has 8 heteroatoms. The van der Waals surface area contributed by atoms with E-state index in [0.717, 1.165) is 0 Å². The molecule has 8 nitrogen and oxygen atoms in total. The molecular formula is C17H19N3O5. The first-order valence-electron chi connectivity index (χ1n) is 7.75. The van der Waals surface area contributed by atoms with Crippen LogP contribution in [0.3, 0.4) is 0 Å². The molecule has 1 aromatic heterocycles. The molecule has 3 amide bonds. The highest BCUT2D eigenvalue weighted by molar-refractivity contribution is 5.98. The van der Waals surface area contributed by atoms with Crippen LogP contribution in [0.2, 0.25) is 0 Å². The minimum absolute atomic E-state index is 0.0171. The van der Waals surface area contributed by atoms with Gasteiger partial charge in [0.05, 0.1) is 0 Å². The maximum atomic E-state index is 12.2. The molecule has 25 heavy (non-hydrogen) atoms. The van der Waals surface area contributed by atoms with E-state index in [1.807, 2.05) is 18.2 Å². The maximum Gasteiger partial charge on any atom is 0.361 e. The predicted molar refractivity (Wildman–Crippen MR) is 88.8 cm³/mol. The molecule has 0 bridgehead atoms. The van der Waals surface area contributed by atoms with Gasteiger partial charge in [0.15, 0.2) is 11.8 Å². The van der Waals surface area contributed by atoms with Gasteiger partial charge in [0.25, 0.3) is 5.91 Å². The van der Waals surface area contributed by atoms with E-state index in [9.17, 15) is 14.4 Å². The topological polar surface area (TPSA) is 111 Å². The van der Waals surface area contributed by atoms with Gasteiger partial charge in [-0.25, -0.2) is 14.6 Å². The minimum atomic E-state index is -1.16. The molecule has 0 aliphatic rings. The van der Waals surface area contributed by atoms with Crippen molar-refractivity contribution in [3.05, 3.63) is 41.8 Å². The van der Waals surface area contributed by atoms with Crippen molar-refractivity contribution in [1.82, 2.24) is 15.6 Å². The standard InChI is InChI=1S/C17H19N3O5/c1-4-18-17(23)20-14(21)11(3)25-16(22)13-10(2)24-15(19-13)12-8-6-5-7-9-12/h5-9,11H,4H2,1-3H3,(H2,18,20,21,23). The summed E-state index contributed by atoms with van der Waals surface area (Å²) < 4.78 is 10.5. The number of hydrogen-bond acceptors (Lipinski definition) is 6. The van der Waals surface area contributed by atoms with Gasteiger partial charge in [-0.3, -0.25) is 10.1 Å².